The number of hydrogen-bond acceptors (Lipinski definition) is 4. The van der Waals surface area contributed by atoms with Crippen LogP contribution in [0.5, 0.6) is 0 Å². The average Bonchev–Trinajstić information content (AvgIpc) is 2.38. The maximum Gasteiger partial charge on any atom is 0.261 e. The van der Waals surface area contributed by atoms with Gasteiger partial charge in [0, 0.05) is 29.8 Å². The lowest BCUT2D eigenvalue weighted by Gasteiger charge is -2.32. The minimum atomic E-state index is -3.66. The highest BCUT2D eigenvalue weighted by atomic mass is 35.7. The first-order chi connectivity index (χ1) is 8.48. The summed E-state index contributed by atoms with van der Waals surface area (Å²) in [6.45, 7) is 5.22. The Morgan fingerprint density at radius 2 is 2.00 bits per heavy atom. The Kier molecular flexibility index (Phi) is 4.27. The quantitative estimate of drug-likeness (QED) is 0.799. The van der Waals surface area contributed by atoms with Gasteiger partial charge in [0.2, 0.25) is 0 Å². The van der Waals surface area contributed by atoms with Crippen LogP contribution in [0, 0.1) is 0 Å². The molecule has 1 aliphatic rings. The molecule has 6 heteroatoms. The highest BCUT2D eigenvalue weighted by molar-refractivity contribution is 8.13. The van der Waals surface area contributed by atoms with Crippen molar-refractivity contribution in [3.05, 3.63) is 29.8 Å². The Bertz CT molecular complexity index is 512. The third kappa shape index (κ3) is 3.23. The Morgan fingerprint density at radius 1 is 1.33 bits per heavy atom. The fraction of sp³-hybridized carbons (Fsp3) is 0.500. The molecule has 0 saturated carbocycles. The zero-order chi connectivity index (χ0) is 13.2. The molecule has 1 aliphatic heterocycles. The second kappa shape index (κ2) is 5.57. The summed E-state index contributed by atoms with van der Waals surface area (Å²) in [5.74, 6) is 0. The van der Waals surface area contributed by atoms with Crippen LogP contribution >= 0.6 is 10.7 Å². The molecular weight excluding hydrogens is 274 g/mol. The maximum atomic E-state index is 11.3. The highest BCUT2D eigenvalue weighted by Gasteiger charge is 2.20. The normalized spacial score (nSPS) is 19.7. The van der Waals surface area contributed by atoms with E-state index in [-0.39, 0.29) is 10.9 Å². The molecule has 18 heavy (non-hydrogen) atoms. The number of hydrogen-bond donors (Lipinski definition) is 0. The van der Waals surface area contributed by atoms with Crippen molar-refractivity contribution >= 4 is 19.7 Å². The van der Waals surface area contributed by atoms with Crippen molar-refractivity contribution in [1.29, 1.82) is 0 Å². The molecule has 0 aliphatic carbocycles. The van der Waals surface area contributed by atoms with Gasteiger partial charge in [-0.2, -0.15) is 0 Å². The Morgan fingerprint density at radius 3 is 2.61 bits per heavy atom. The van der Waals surface area contributed by atoms with Gasteiger partial charge in [-0.15, -0.1) is 0 Å². The minimum Gasteiger partial charge on any atom is -0.379 e. The van der Waals surface area contributed by atoms with Crippen LogP contribution in [0.2, 0.25) is 0 Å². The van der Waals surface area contributed by atoms with E-state index in [0.717, 1.165) is 31.9 Å². The summed E-state index contributed by atoms with van der Waals surface area (Å²) in [6, 6.07) is 6.96. The predicted octanol–water partition coefficient (Wildman–Crippen LogP) is 2.01. The molecule has 1 aromatic rings. The zero-order valence-electron chi connectivity index (χ0n) is 10.2. The fourth-order valence-corrected chi connectivity index (χ4v) is 2.91. The molecule has 0 aromatic heterocycles. The molecule has 0 N–H and O–H groups in total. The van der Waals surface area contributed by atoms with E-state index >= 15 is 0 Å². The Balaban J connectivity index is 2.22. The number of benzene rings is 1. The van der Waals surface area contributed by atoms with E-state index in [9.17, 15) is 8.42 Å². The van der Waals surface area contributed by atoms with Crippen molar-refractivity contribution in [3.63, 3.8) is 0 Å². The summed E-state index contributed by atoms with van der Waals surface area (Å²) < 4.78 is 27.9. The number of ether oxygens (including phenoxy) is 1. The topological polar surface area (TPSA) is 46.6 Å². The van der Waals surface area contributed by atoms with Crippen LogP contribution in [0.3, 0.4) is 0 Å². The lowest BCUT2D eigenvalue weighted by atomic mass is 10.1. The second-order valence-electron chi connectivity index (χ2n) is 4.33. The summed E-state index contributed by atoms with van der Waals surface area (Å²) in [4.78, 5) is 2.42. The van der Waals surface area contributed by atoms with Gasteiger partial charge in [-0.25, -0.2) is 8.42 Å². The van der Waals surface area contributed by atoms with Gasteiger partial charge in [-0.1, -0.05) is 12.1 Å². The first-order valence-corrected chi connectivity index (χ1v) is 8.16. The Hall–Kier alpha value is -0.620. The van der Waals surface area contributed by atoms with E-state index in [1.54, 1.807) is 12.1 Å². The summed E-state index contributed by atoms with van der Waals surface area (Å²) in [6.07, 6.45) is 0. The van der Waals surface area contributed by atoms with Crippen LogP contribution in [0.4, 0.5) is 0 Å². The lowest BCUT2D eigenvalue weighted by Crippen LogP contribution is -2.38. The van der Waals surface area contributed by atoms with Gasteiger partial charge in [-0.3, -0.25) is 4.90 Å². The third-order valence-corrected chi connectivity index (χ3v) is 4.57. The van der Waals surface area contributed by atoms with Crippen LogP contribution in [0.25, 0.3) is 0 Å². The first kappa shape index (κ1) is 13.8. The van der Waals surface area contributed by atoms with Gasteiger partial charge in [0.25, 0.3) is 9.05 Å². The monoisotopic (exact) mass is 289 g/mol. The first-order valence-electron chi connectivity index (χ1n) is 5.85. The van der Waals surface area contributed by atoms with Gasteiger partial charge in [-0.05, 0) is 24.6 Å². The van der Waals surface area contributed by atoms with Crippen LogP contribution < -0.4 is 0 Å². The van der Waals surface area contributed by atoms with Gasteiger partial charge in [0.1, 0.15) is 0 Å². The molecule has 1 saturated heterocycles. The van der Waals surface area contributed by atoms with E-state index in [0.29, 0.717) is 0 Å². The molecule has 0 amide bonds. The van der Waals surface area contributed by atoms with Gasteiger partial charge in [0.15, 0.2) is 0 Å². The van der Waals surface area contributed by atoms with Crippen molar-refractivity contribution in [2.45, 2.75) is 17.9 Å². The molecule has 0 bridgehead atoms. The maximum absolute atomic E-state index is 11.3. The van der Waals surface area contributed by atoms with Crippen molar-refractivity contribution in [2.24, 2.45) is 0 Å². The van der Waals surface area contributed by atoms with Crippen LogP contribution in [-0.2, 0) is 13.8 Å². The largest absolute Gasteiger partial charge is 0.379 e. The molecule has 1 fully saturated rings. The number of rotatable bonds is 3. The second-order valence-corrected chi connectivity index (χ2v) is 6.90. The third-order valence-electron chi connectivity index (χ3n) is 3.22. The highest BCUT2D eigenvalue weighted by Crippen LogP contribution is 2.24. The molecular formula is C12H16ClNO3S. The van der Waals surface area contributed by atoms with E-state index in [1.165, 1.54) is 6.07 Å². The summed E-state index contributed by atoms with van der Waals surface area (Å²) in [7, 11) is 1.70. The van der Waals surface area contributed by atoms with Crippen LogP contribution in [0.1, 0.15) is 18.5 Å². The van der Waals surface area contributed by atoms with Crippen molar-refractivity contribution in [1.82, 2.24) is 4.90 Å². The summed E-state index contributed by atoms with van der Waals surface area (Å²) in [5, 5.41) is 0. The lowest BCUT2D eigenvalue weighted by molar-refractivity contribution is 0.0198. The molecule has 1 aromatic carbocycles. The van der Waals surface area contributed by atoms with Gasteiger partial charge in [0.05, 0.1) is 18.1 Å². The van der Waals surface area contributed by atoms with Gasteiger partial charge < -0.3 is 4.74 Å². The van der Waals surface area contributed by atoms with Crippen molar-refractivity contribution in [2.75, 3.05) is 26.3 Å². The molecule has 1 atom stereocenters. The average molecular weight is 290 g/mol. The van der Waals surface area contributed by atoms with Crippen molar-refractivity contribution in [3.8, 4) is 0 Å². The summed E-state index contributed by atoms with van der Waals surface area (Å²) in [5.41, 5.74) is 0.957. The predicted molar refractivity (Wildman–Crippen MR) is 70.3 cm³/mol. The number of halogens is 1. The summed E-state index contributed by atoms with van der Waals surface area (Å²) >= 11 is 0. The van der Waals surface area contributed by atoms with Crippen LogP contribution in [-0.4, -0.2) is 39.6 Å². The van der Waals surface area contributed by atoms with E-state index in [1.807, 2.05) is 6.07 Å². The number of nitrogens with zero attached hydrogens (tertiary/aromatic N) is 1. The minimum absolute atomic E-state index is 0.154. The molecule has 1 unspecified atom stereocenters. The van der Waals surface area contributed by atoms with E-state index in [4.69, 9.17) is 15.4 Å². The van der Waals surface area contributed by atoms with Gasteiger partial charge >= 0.3 is 0 Å². The SMILES string of the molecule is CC(c1cccc(S(=O)(=O)Cl)c1)N1CCOCC1. The zero-order valence-corrected chi connectivity index (χ0v) is 11.7. The molecule has 0 radical (unpaired) electrons. The number of morpholine rings is 1. The standard InChI is InChI=1S/C12H16ClNO3S/c1-10(14-5-7-17-8-6-14)11-3-2-4-12(9-11)18(13,15)16/h2-4,9-10H,5-8H2,1H3. The fourth-order valence-electron chi connectivity index (χ4n) is 2.10. The molecule has 2 rings (SSSR count). The molecule has 4 nitrogen and oxygen atoms in total. The molecule has 0 spiro atoms. The smallest absolute Gasteiger partial charge is 0.261 e. The van der Waals surface area contributed by atoms with Crippen LogP contribution in [0.15, 0.2) is 29.2 Å². The van der Waals surface area contributed by atoms with Crippen molar-refractivity contribution < 1.29 is 13.2 Å². The molecule has 100 valence electrons. The van der Waals surface area contributed by atoms with E-state index < -0.39 is 9.05 Å². The molecule has 1 heterocycles. The Labute approximate surface area is 112 Å². The van der Waals surface area contributed by atoms with E-state index in [2.05, 4.69) is 11.8 Å².